The van der Waals surface area contributed by atoms with Gasteiger partial charge < -0.3 is 9.47 Å². The molecule has 1 fully saturated rings. The molecule has 6 heteroatoms. The van der Waals surface area contributed by atoms with Crippen LogP contribution in [0.5, 0.6) is 5.75 Å². The highest BCUT2D eigenvalue weighted by Crippen LogP contribution is 2.32. The maximum Gasteiger partial charge on any atom is 0.217 e. The van der Waals surface area contributed by atoms with Gasteiger partial charge in [0.25, 0.3) is 0 Å². The molecule has 0 amide bonds. The molecule has 2 aromatic carbocycles. The van der Waals surface area contributed by atoms with Crippen molar-refractivity contribution < 1.29 is 17.9 Å². The molecule has 0 spiro atoms. The van der Waals surface area contributed by atoms with Crippen molar-refractivity contribution in [3.63, 3.8) is 0 Å². The van der Waals surface area contributed by atoms with E-state index in [-0.39, 0.29) is 12.2 Å². The molecule has 1 saturated heterocycles. The van der Waals surface area contributed by atoms with Crippen LogP contribution in [-0.4, -0.2) is 43.8 Å². The van der Waals surface area contributed by atoms with Gasteiger partial charge in [0.2, 0.25) is 10.0 Å². The number of hydrogen-bond donors (Lipinski definition) is 0. The summed E-state index contributed by atoms with van der Waals surface area (Å²) in [6.45, 7) is 6.85. The molecular weight excluding hydrogens is 374 g/mol. The zero-order valence-electron chi connectivity index (χ0n) is 17.2. The monoisotopic (exact) mass is 405 g/mol. The van der Waals surface area contributed by atoms with Gasteiger partial charge in [0.15, 0.2) is 0 Å². The first-order chi connectivity index (χ1) is 13.3. The third-order valence-electron chi connectivity index (χ3n) is 5.35. The Morgan fingerprint density at radius 1 is 1.11 bits per heavy atom. The zero-order chi connectivity index (χ0) is 20.3. The molecule has 0 bridgehead atoms. The largest absolute Gasteiger partial charge is 0.493 e. The molecule has 1 heterocycles. The van der Waals surface area contributed by atoms with E-state index in [1.807, 2.05) is 50.2 Å². The van der Waals surface area contributed by atoms with Gasteiger partial charge in [-0.1, -0.05) is 37.3 Å². The number of nitrogens with zero attached hydrogens (tertiary/aromatic N) is 1. The molecule has 2 aromatic rings. The van der Waals surface area contributed by atoms with E-state index in [9.17, 15) is 8.42 Å². The molecular formula is C22H31NO4S. The Balaban J connectivity index is 1.92. The van der Waals surface area contributed by atoms with E-state index < -0.39 is 15.3 Å². The van der Waals surface area contributed by atoms with Gasteiger partial charge in [-0.15, -0.1) is 0 Å². The molecule has 0 aromatic heterocycles. The van der Waals surface area contributed by atoms with Gasteiger partial charge in [0.05, 0.1) is 24.1 Å². The lowest BCUT2D eigenvalue weighted by Gasteiger charge is -2.34. The quantitative estimate of drug-likeness (QED) is 0.687. The molecule has 3 rings (SSSR count). The molecule has 0 saturated carbocycles. The Morgan fingerprint density at radius 2 is 1.79 bits per heavy atom. The molecule has 0 N–H and O–H groups in total. The van der Waals surface area contributed by atoms with Crippen molar-refractivity contribution in [2.24, 2.45) is 0 Å². The van der Waals surface area contributed by atoms with Gasteiger partial charge in [-0.05, 0) is 49.9 Å². The van der Waals surface area contributed by atoms with E-state index in [1.165, 1.54) is 4.31 Å². The zero-order valence-corrected chi connectivity index (χ0v) is 18.0. The fraction of sp³-hybridized carbons (Fsp3) is 0.545. The van der Waals surface area contributed by atoms with Gasteiger partial charge in [0.1, 0.15) is 5.75 Å². The highest BCUT2D eigenvalue weighted by atomic mass is 32.2. The first-order valence-electron chi connectivity index (χ1n) is 10.1. The maximum atomic E-state index is 13.3. The van der Waals surface area contributed by atoms with Gasteiger partial charge >= 0.3 is 0 Å². The predicted molar refractivity (Wildman–Crippen MR) is 113 cm³/mol. The predicted octanol–water partition coefficient (Wildman–Crippen LogP) is 4.35. The van der Waals surface area contributed by atoms with E-state index >= 15 is 0 Å². The number of benzene rings is 2. The van der Waals surface area contributed by atoms with Crippen LogP contribution in [-0.2, 0) is 21.3 Å². The van der Waals surface area contributed by atoms with Gasteiger partial charge in [-0.2, -0.15) is 0 Å². The molecule has 2 atom stereocenters. The number of hydrogen-bond acceptors (Lipinski definition) is 4. The average Bonchev–Trinajstić information content (AvgIpc) is 2.66. The smallest absolute Gasteiger partial charge is 0.217 e. The van der Waals surface area contributed by atoms with Crippen LogP contribution in [0.1, 0.15) is 45.6 Å². The van der Waals surface area contributed by atoms with Crippen molar-refractivity contribution in [3.05, 3.63) is 42.0 Å². The fourth-order valence-corrected chi connectivity index (χ4v) is 5.83. The average molecular weight is 406 g/mol. The van der Waals surface area contributed by atoms with Gasteiger partial charge in [0, 0.05) is 19.2 Å². The van der Waals surface area contributed by atoms with Crippen molar-refractivity contribution in [1.82, 2.24) is 4.31 Å². The first kappa shape index (κ1) is 21.1. The van der Waals surface area contributed by atoms with Crippen LogP contribution in [0.4, 0.5) is 0 Å². The summed E-state index contributed by atoms with van der Waals surface area (Å²) in [4.78, 5) is 0. The Morgan fingerprint density at radius 3 is 2.46 bits per heavy atom. The molecule has 0 aliphatic carbocycles. The second kappa shape index (κ2) is 8.80. The molecule has 5 nitrogen and oxygen atoms in total. The van der Waals surface area contributed by atoms with Crippen LogP contribution in [0.15, 0.2) is 36.4 Å². The van der Waals surface area contributed by atoms with Crippen LogP contribution in [0, 0.1) is 0 Å². The number of rotatable bonds is 7. The van der Waals surface area contributed by atoms with Gasteiger partial charge in [-0.3, -0.25) is 0 Å². The van der Waals surface area contributed by atoms with E-state index in [4.69, 9.17) is 9.47 Å². The van der Waals surface area contributed by atoms with E-state index in [1.54, 1.807) is 7.05 Å². The number of fused-ring (bicyclic) bond motifs is 1. The number of sulfonamides is 1. The summed E-state index contributed by atoms with van der Waals surface area (Å²) in [5.74, 6) is 0.760. The summed E-state index contributed by atoms with van der Waals surface area (Å²) in [5.41, 5.74) is 0.922. The van der Waals surface area contributed by atoms with E-state index in [0.717, 1.165) is 28.5 Å². The lowest BCUT2D eigenvalue weighted by Crippen LogP contribution is -2.43. The molecule has 1 aliphatic rings. The summed E-state index contributed by atoms with van der Waals surface area (Å²) in [6.07, 6.45) is 1.88. The van der Waals surface area contributed by atoms with E-state index in [0.29, 0.717) is 26.0 Å². The summed E-state index contributed by atoms with van der Waals surface area (Å²) in [5, 5.41) is 1.71. The highest BCUT2D eigenvalue weighted by Gasteiger charge is 2.36. The van der Waals surface area contributed by atoms with E-state index in [2.05, 4.69) is 6.92 Å². The van der Waals surface area contributed by atoms with Crippen molar-refractivity contribution in [3.8, 4) is 5.75 Å². The van der Waals surface area contributed by atoms with Gasteiger partial charge in [-0.25, -0.2) is 12.7 Å². The lowest BCUT2D eigenvalue weighted by atomic mass is 10.0. The standard InChI is InChI=1S/C22H31NO4S/c1-5-12-26-22-11-10-18-8-6-7-9-20(18)21(22)15-23(4)28(24,25)19-13-16(2)27-17(3)14-19/h6-11,16-17,19H,5,12-15H2,1-4H3. The second-order valence-corrected chi connectivity index (χ2v) is 10.1. The Labute approximate surface area is 168 Å². The highest BCUT2D eigenvalue weighted by molar-refractivity contribution is 7.89. The van der Waals surface area contributed by atoms with Crippen LogP contribution in [0.3, 0.4) is 0 Å². The topological polar surface area (TPSA) is 55.8 Å². The summed E-state index contributed by atoms with van der Waals surface area (Å²) in [6, 6.07) is 12.0. The lowest BCUT2D eigenvalue weighted by molar-refractivity contribution is -0.0281. The Hall–Kier alpha value is -1.63. The third-order valence-corrected chi connectivity index (χ3v) is 7.58. The van der Waals surface area contributed by atoms with Crippen LogP contribution in [0.2, 0.25) is 0 Å². The minimum absolute atomic E-state index is 0.0436. The first-order valence-corrected chi connectivity index (χ1v) is 11.6. The Bertz CT molecular complexity index is 902. The molecule has 1 aliphatic heterocycles. The molecule has 154 valence electrons. The summed E-state index contributed by atoms with van der Waals surface area (Å²) >= 11 is 0. The van der Waals surface area contributed by atoms with Crippen molar-refractivity contribution in [1.29, 1.82) is 0 Å². The summed E-state index contributed by atoms with van der Waals surface area (Å²) in [7, 11) is -1.76. The van der Waals surface area contributed by atoms with Crippen molar-refractivity contribution in [2.75, 3.05) is 13.7 Å². The van der Waals surface area contributed by atoms with Crippen molar-refractivity contribution >= 4 is 20.8 Å². The molecule has 28 heavy (non-hydrogen) atoms. The Kier molecular flexibility index (Phi) is 6.63. The second-order valence-electron chi connectivity index (χ2n) is 7.76. The molecule has 2 unspecified atom stereocenters. The summed E-state index contributed by atoms with van der Waals surface area (Å²) < 4.78 is 39.7. The molecule has 0 radical (unpaired) electrons. The van der Waals surface area contributed by atoms with Crippen LogP contribution >= 0.6 is 0 Å². The number of ether oxygens (including phenoxy) is 2. The minimum atomic E-state index is -3.43. The third kappa shape index (κ3) is 4.50. The van der Waals surface area contributed by atoms with Crippen LogP contribution in [0.25, 0.3) is 10.8 Å². The SMILES string of the molecule is CCCOc1ccc2ccccc2c1CN(C)S(=O)(=O)C1CC(C)OC(C)C1. The van der Waals surface area contributed by atoms with Crippen LogP contribution < -0.4 is 4.74 Å². The fourth-order valence-electron chi connectivity index (χ4n) is 3.98. The normalized spacial score (nSPS) is 23.2. The van der Waals surface area contributed by atoms with Crippen molar-refractivity contribution in [2.45, 2.75) is 64.0 Å². The minimum Gasteiger partial charge on any atom is -0.493 e. The maximum absolute atomic E-state index is 13.3.